The zero-order chi connectivity index (χ0) is 19.3. The zero-order valence-corrected chi connectivity index (χ0v) is 13.5. The van der Waals surface area contributed by atoms with Gasteiger partial charge in [-0.3, -0.25) is 14.6 Å². The maximum Gasteiger partial charge on any atom is 0.322 e. The van der Waals surface area contributed by atoms with Crippen molar-refractivity contribution in [3.63, 3.8) is 0 Å². The van der Waals surface area contributed by atoms with Crippen molar-refractivity contribution >= 4 is 23.7 Å². The number of carbonyl (C=O) groups excluding carboxylic acids is 2. The fraction of sp³-hybridized carbons (Fsp3) is 0.167. The van der Waals surface area contributed by atoms with Crippen LogP contribution in [0.4, 0.5) is 23.2 Å². The van der Waals surface area contributed by atoms with Crippen LogP contribution in [0.15, 0.2) is 41.4 Å². The molecule has 0 fully saturated rings. The summed E-state index contributed by atoms with van der Waals surface area (Å²) in [6, 6.07) is 8.35. The van der Waals surface area contributed by atoms with E-state index in [1.807, 2.05) is 0 Å². The van der Waals surface area contributed by atoms with Crippen molar-refractivity contribution in [2.75, 3.05) is 6.61 Å². The van der Waals surface area contributed by atoms with Gasteiger partial charge in [-0.2, -0.15) is 0 Å². The first kappa shape index (κ1) is 19.3. The highest BCUT2D eigenvalue weighted by Crippen LogP contribution is 2.22. The Morgan fingerprint density at radius 3 is 2.35 bits per heavy atom. The molecule has 4 nitrogen and oxygen atoms in total. The van der Waals surface area contributed by atoms with Crippen molar-refractivity contribution in [2.45, 2.75) is 6.92 Å². The summed E-state index contributed by atoms with van der Waals surface area (Å²) < 4.78 is 58.4. The van der Waals surface area contributed by atoms with Gasteiger partial charge in [-0.25, -0.2) is 17.6 Å². The highest BCUT2D eigenvalue weighted by Gasteiger charge is 2.32. The number of hydrogen-bond donors (Lipinski definition) is 0. The second kappa shape index (κ2) is 8.37. The van der Waals surface area contributed by atoms with E-state index in [-0.39, 0.29) is 12.7 Å². The van der Waals surface area contributed by atoms with Crippen LogP contribution in [0, 0.1) is 29.2 Å². The molecule has 0 bridgehead atoms. The van der Waals surface area contributed by atoms with Crippen LogP contribution in [-0.4, -0.2) is 24.6 Å². The third-order valence-corrected chi connectivity index (χ3v) is 3.32. The van der Waals surface area contributed by atoms with E-state index >= 15 is 0 Å². The molecular weight excluding hydrogens is 354 g/mol. The van der Waals surface area contributed by atoms with Crippen LogP contribution in [0.3, 0.4) is 0 Å². The lowest BCUT2D eigenvalue weighted by Crippen LogP contribution is -2.29. The lowest BCUT2D eigenvalue weighted by molar-refractivity contribution is -0.143. The van der Waals surface area contributed by atoms with Crippen LogP contribution in [-0.2, 0) is 9.53 Å². The molecule has 0 saturated heterocycles. The van der Waals surface area contributed by atoms with Crippen LogP contribution in [0.25, 0.3) is 0 Å². The lowest BCUT2D eigenvalue weighted by atomic mass is 9.97. The average molecular weight is 367 g/mol. The molecule has 0 N–H and O–H groups in total. The molecule has 0 radical (unpaired) electrons. The Morgan fingerprint density at radius 2 is 1.73 bits per heavy atom. The normalized spacial score (nSPS) is 12.2. The molecule has 0 aliphatic rings. The molecule has 0 aromatic heterocycles. The van der Waals surface area contributed by atoms with E-state index in [9.17, 15) is 27.2 Å². The highest BCUT2D eigenvalue weighted by molar-refractivity contribution is 6.18. The number of nitrogens with zero attached hydrogens (tertiary/aromatic N) is 1. The SMILES string of the molecule is CCOC(=O)C(C=Nc1ccccc1)C(=O)c1cc(F)c(F)c(F)c1F. The third-order valence-electron chi connectivity index (χ3n) is 3.32. The van der Waals surface area contributed by atoms with E-state index in [2.05, 4.69) is 4.99 Å². The number of hydrogen-bond acceptors (Lipinski definition) is 4. The van der Waals surface area contributed by atoms with E-state index < -0.39 is 46.5 Å². The minimum atomic E-state index is -2.14. The number of ether oxygens (including phenoxy) is 1. The maximum atomic E-state index is 13.9. The van der Waals surface area contributed by atoms with Crippen molar-refractivity contribution in [2.24, 2.45) is 10.9 Å². The standard InChI is InChI=1S/C18H13F4NO3/c1-2-26-18(25)12(9-23-10-6-4-3-5-7-10)17(24)11-8-13(19)15(21)16(22)14(11)20/h3-9,12H,2H2,1H3. The number of Topliss-reactive ketones (excluding diaryl/α,β-unsaturated/α-hetero) is 1. The molecule has 0 saturated carbocycles. The Labute approximate surface area is 146 Å². The maximum absolute atomic E-state index is 13.9. The molecule has 2 rings (SSSR count). The van der Waals surface area contributed by atoms with Crippen LogP contribution in [0.1, 0.15) is 17.3 Å². The minimum Gasteiger partial charge on any atom is -0.465 e. The van der Waals surface area contributed by atoms with Crippen molar-refractivity contribution in [1.29, 1.82) is 0 Å². The second-order valence-electron chi connectivity index (χ2n) is 5.06. The number of aliphatic imine (C=N–C) groups is 1. The molecule has 0 aliphatic heterocycles. The van der Waals surface area contributed by atoms with Gasteiger partial charge >= 0.3 is 5.97 Å². The summed E-state index contributed by atoms with van der Waals surface area (Å²) in [4.78, 5) is 28.4. The predicted octanol–water partition coefficient (Wildman–Crippen LogP) is 4.01. The number of benzene rings is 2. The van der Waals surface area contributed by atoms with Gasteiger partial charge in [-0.1, -0.05) is 18.2 Å². The van der Waals surface area contributed by atoms with E-state index in [0.717, 1.165) is 6.21 Å². The van der Waals surface area contributed by atoms with Crippen molar-refractivity contribution in [3.8, 4) is 0 Å². The van der Waals surface area contributed by atoms with Crippen molar-refractivity contribution in [1.82, 2.24) is 0 Å². The van der Waals surface area contributed by atoms with E-state index in [1.54, 1.807) is 30.3 Å². The van der Waals surface area contributed by atoms with Gasteiger partial charge < -0.3 is 4.74 Å². The Bertz CT molecular complexity index is 853. The highest BCUT2D eigenvalue weighted by atomic mass is 19.2. The first-order valence-electron chi connectivity index (χ1n) is 7.49. The third kappa shape index (κ3) is 4.14. The summed E-state index contributed by atoms with van der Waals surface area (Å²) in [6.45, 7) is 1.39. The molecule has 0 aliphatic carbocycles. The van der Waals surface area contributed by atoms with Gasteiger partial charge in [-0.05, 0) is 25.1 Å². The van der Waals surface area contributed by atoms with Crippen LogP contribution in [0.5, 0.6) is 0 Å². The average Bonchev–Trinajstić information content (AvgIpc) is 2.64. The molecule has 2 aromatic carbocycles. The smallest absolute Gasteiger partial charge is 0.322 e. The Hall–Kier alpha value is -3.03. The summed E-state index contributed by atoms with van der Waals surface area (Å²) in [6.07, 6.45) is 0.883. The lowest BCUT2D eigenvalue weighted by Gasteiger charge is -2.12. The van der Waals surface area contributed by atoms with Gasteiger partial charge in [-0.15, -0.1) is 0 Å². The molecule has 0 spiro atoms. The molecule has 2 aromatic rings. The van der Waals surface area contributed by atoms with Gasteiger partial charge in [0.2, 0.25) is 0 Å². The van der Waals surface area contributed by atoms with Gasteiger partial charge in [0.05, 0.1) is 17.9 Å². The Kier molecular flexibility index (Phi) is 6.21. The molecule has 1 unspecified atom stereocenters. The fourth-order valence-electron chi connectivity index (χ4n) is 2.06. The molecule has 0 heterocycles. The molecule has 136 valence electrons. The van der Waals surface area contributed by atoms with Crippen LogP contribution >= 0.6 is 0 Å². The molecule has 8 heteroatoms. The second-order valence-corrected chi connectivity index (χ2v) is 5.06. The van der Waals surface area contributed by atoms with E-state index in [0.29, 0.717) is 5.69 Å². The summed E-state index contributed by atoms with van der Waals surface area (Å²) >= 11 is 0. The summed E-state index contributed by atoms with van der Waals surface area (Å²) in [5.41, 5.74) is -0.731. The number of halogens is 4. The van der Waals surface area contributed by atoms with Gasteiger partial charge in [0.25, 0.3) is 0 Å². The summed E-state index contributed by atoms with van der Waals surface area (Å²) in [5, 5.41) is 0. The zero-order valence-electron chi connectivity index (χ0n) is 13.5. The van der Waals surface area contributed by atoms with Crippen molar-refractivity contribution in [3.05, 3.63) is 65.2 Å². The van der Waals surface area contributed by atoms with Gasteiger partial charge in [0.15, 0.2) is 35.0 Å². The topological polar surface area (TPSA) is 55.7 Å². The molecule has 26 heavy (non-hydrogen) atoms. The minimum absolute atomic E-state index is 0.0869. The molecule has 1 atom stereocenters. The summed E-state index contributed by atoms with van der Waals surface area (Å²) in [7, 11) is 0. The summed E-state index contributed by atoms with van der Waals surface area (Å²) in [5.74, 6) is -12.0. The van der Waals surface area contributed by atoms with Gasteiger partial charge in [0, 0.05) is 6.21 Å². The fourth-order valence-corrected chi connectivity index (χ4v) is 2.06. The number of rotatable bonds is 6. The molecule has 0 amide bonds. The number of esters is 1. The van der Waals surface area contributed by atoms with Gasteiger partial charge in [0.1, 0.15) is 0 Å². The predicted molar refractivity (Wildman–Crippen MR) is 85.3 cm³/mol. The number of ketones is 1. The quantitative estimate of drug-likeness (QED) is 0.147. The first-order valence-corrected chi connectivity index (χ1v) is 7.49. The first-order chi connectivity index (χ1) is 12.4. The molecular formula is C18H13F4NO3. The largest absolute Gasteiger partial charge is 0.465 e. The Balaban J connectivity index is 2.44. The van der Waals surface area contributed by atoms with Crippen LogP contribution in [0.2, 0.25) is 0 Å². The van der Waals surface area contributed by atoms with Crippen molar-refractivity contribution < 1.29 is 31.9 Å². The Morgan fingerprint density at radius 1 is 1.08 bits per heavy atom. The monoisotopic (exact) mass is 367 g/mol. The van der Waals surface area contributed by atoms with E-state index in [1.165, 1.54) is 6.92 Å². The van der Waals surface area contributed by atoms with Crippen LogP contribution < -0.4 is 0 Å². The number of carbonyl (C=O) groups is 2. The number of para-hydroxylation sites is 1. The van der Waals surface area contributed by atoms with E-state index in [4.69, 9.17) is 4.74 Å².